The van der Waals surface area contributed by atoms with E-state index in [1.54, 1.807) is 4.90 Å². The normalized spacial score (nSPS) is 15.3. The molecule has 1 aliphatic rings. The van der Waals surface area contributed by atoms with Crippen LogP contribution in [0.4, 0.5) is 4.39 Å². The molecule has 1 aliphatic heterocycles. The molecule has 0 saturated carbocycles. The van der Waals surface area contributed by atoms with Crippen LogP contribution in [0.2, 0.25) is 0 Å². The van der Waals surface area contributed by atoms with Crippen LogP contribution in [0.5, 0.6) is 0 Å². The highest BCUT2D eigenvalue weighted by Crippen LogP contribution is 2.19. The number of hydrogen-bond acceptors (Lipinski definition) is 4. The van der Waals surface area contributed by atoms with Gasteiger partial charge in [-0.05, 0) is 47.9 Å². The number of piperidine rings is 1. The van der Waals surface area contributed by atoms with E-state index in [1.165, 1.54) is 29.2 Å². The third kappa shape index (κ3) is 2.38. The zero-order valence-corrected chi connectivity index (χ0v) is 10.9. The second-order valence-corrected chi connectivity index (χ2v) is 4.77. The Morgan fingerprint density at radius 2 is 2.00 bits per heavy atom. The zero-order valence-electron chi connectivity index (χ0n) is 10.9. The highest BCUT2D eigenvalue weighted by molar-refractivity contribution is 5.97. The monoisotopic (exact) mass is 275 g/mol. The summed E-state index contributed by atoms with van der Waals surface area (Å²) < 4.78 is 14.9. The fourth-order valence-corrected chi connectivity index (χ4v) is 2.42. The molecule has 6 nitrogen and oxygen atoms in total. The molecule has 0 atom stereocenters. The summed E-state index contributed by atoms with van der Waals surface area (Å²) in [6.45, 7) is 1.43. The van der Waals surface area contributed by atoms with Crippen molar-refractivity contribution in [1.29, 1.82) is 0 Å². The standard InChI is InChI=1S/C13H14FN5O/c14-10-4-5-12(19-9-15-16-17-19)11(8-10)13(20)18-6-2-1-3-7-18/h4-5,8-9H,1-3,6-7H2. The fraction of sp³-hybridized carbons (Fsp3) is 0.385. The number of carbonyl (C=O) groups excluding carboxylic acids is 1. The lowest BCUT2D eigenvalue weighted by molar-refractivity contribution is 0.0723. The molecule has 7 heteroatoms. The molecule has 0 spiro atoms. The molecule has 1 saturated heterocycles. The molecule has 2 heterocycles. The van der Waals surface area contributed by atoms with E-state index in [-0.39, 0.29) is 5.91 Å². The lowest BCUT2D eigenvalue weighted by Crippen LogP contribution is -2.36. The van der Waals surface area contributed by atoms with Crippen molar-refractivity contribution < 1.29 is 9.18 Å². The van der Waals surface area contributed by atoms with Crippen LogP contribution < -0.4 is 0 Å². The van der Waals surface area contributed by atoms with E-state index < -0.39 is 5.82 Å². The topological polar surface area (TPSA) is 63.9 Å². The first-order chi connectivity index (χ1) is 9.75. The summed E-state index contributed by atoms with van der Waals surface area (Å²) in [6, 6.07) is 4.06. The number of benzene rings is 1. The molecule has 1 fully saturated rings. The Morgan fingerprint density at radius 3 is 2.70 bits per heavy atom. The van der Waals surface area contributed by atoms with Crippen molar-refractivity contribution in [2.45, 2.75) is 19.3 Å². The van der Waals surface area contributed by atoms with E-state index in [0.29, 0.717) is 24.3 Å². The number of halogens is 1. The first-order valence-corrected chi connectivity index (χ1v) is 6.58. The SMILES string of the molecule is O=C(c1cc(F)ccc1-n1cnnn1)N1CCCCC1. The van der Waals surface area contributed by atoms with Gasteiger partial charge in [-0.1, -0.05) is 0 Å². The van der Waals surface area contributed by atoms with Gasteiger partial charge in [0.1, 0.15) is 12.1 Å². The zero-order chi connectivity index (χ0) is 13.9. The van der Waals surface area contributed by atoms with E-state index in [4.69, 9.17) is 0 Å². The molecule has 2 aromatic rings. The molecule has 0 unspecified atom stereocenters. The molecule has 0 bridgehead atoms. The van der Waals surface area contributed by atoms with Gasteiger partial charge in [0.15, 0.2) is 0 Å². The molecule has 0 N–H and O–H groups in total. The molecule has 20 heavy (non-hydrogen) atoms. The smallest absolute Gasteiger partial charge is 0.256 e. The van der Waals surface area contributed by atoms with Crippen molar-refractivity contribution >= 4 is 5.91 Å². The Balaban J connectivity index is 1.98. The quantitative estimate of drug-likeness (QED) is 0.831. The van der Waals surface area contributed by atoms with E-state index in [2.05, 4.69) is 15.5 Å². The van der Waals surface area contributed by atoms with E-state index >= 15 is 0 Å². The highest BCUT2D eigenvalue weighted by Gasteiger charge is 2.22. The van der Waals surface area contributed by atoms with Gasteiger partial charge in [0.2, 0.25) is 0 Å². The molecule has 0 radical (unpaired) electrons. The fourth-order valence-electron chi connectivity index (χ4n) is 2.42. The van der Waals surface area contributed by atoms with Crippen LogP contribution in [0.25, 0.3) is 5.69 Å². The van der Waals surface area contributed by atoms with Crippen molar-refractivity contribution in [2.24, 2.45) is 0 Å². The maximum atomic E-state index is 13.5. The number of likely N-dealkylation sites (tertiary alicyclic amines) is 1. The Hall–Kier alpha value is -2.31. The first kappa shape index (κ1) is 12.7. The van der Waals surface area contributed by atoms with Crippen LogP contribution in [0.1, 0.15) is 29.6 Å². The minimum Gasteiger partial charge on any atom is -0.339 e. The Kier molecular flexibility index (Phi) is 3.41. The maximum Gasteiger partial charge on any atom is 0.256 e. The molecule has 1 aromatic carbocycles. The number of amides is 1. The predicted molar refractivity (Wildman–Crippen MR) is 68.9 cm³/mol. The van der Waals surface area contributed by atoms with Crippen LogP contribution in [0.3, 0.4) is 0 Å². The second-order valence-electron chi connectivity index (χ2n) is 4.77. The predicted octanol–water partition coefficient (Wildman–Crippen LogP) is 1.43. The Labute approximate surface area is 115 Å². The molecule has 0 aliphatic carbocycles. The molecule has 1 amide bonds. The van der Waals surface area contributed by atoms with Gasteiger partial charge < -0.3 is 4.90 Å². The van der Waals surface area contributed by atoms with Crippen LogP contribution in [0.15, 0.2) is 24.5 Å². The van der Waals surface area contributed by atoms with Gasteiger partial charge in [-0.25, -0.2) is 4.39 Å². The lowest BCUT2D eigenvalue weighted by atomic mass is 10.1. The highest BCUT2D eigenvalue weighted by atomic mass is 19.1. The van der Waals surface area contributed by atoms with Gasteiger partial charge in [0, 0.05) is 13.1 Å². The number of carbonyl (C=O) groups is 1. The molecule has 104 valence electrons. The number of tetrazole rings is 1. The van der Waals surface area contributed by atoms with Gasteiger partial charge in [-0.3, -0.25) is 4.79 Å². The summed E-state index contributed by atoms with van der Waals surface area (Å²) in [5, 5.41) is 10.9. The van der Waals surface area contributed by atoms with Gasteiger partial charge in [0.05, 0.1) is 11.3 Å². The largest absolute Gasteiger partial charge is 0.339 e. The average molecular weight is 275 g/mol. The van der Waals surface area contributed by atoms with Crippen LogP contribution in [-0.4, -0.2) is 44.1 Å². The first-order valence-electron chi connectivity index (χ1n) is 6.58. The molecular weight excluding hydrogens is 261 g/mol. The summed E-state index contributed by atoms with van der Waals surface area (Å²) >= 11 is 0. The third-order valence-corrected chi connectivity index (χ3v) is 3.43. The minimum absolute atomic E-state index is 0.172. The lowest BCUT2D eigenvalue weighted by Gasteiger charge is -2.27. The number of rotatable bonds is 2. The van der Waals surface area contributed by atoms with Crippen LogP contribution >= 0.6 is 0 Å². The van der Waals surface area contributed by atoms with E-state index in [1.807, 2.05) is 0 Å². The summed E-state index contributed by atoms with van der Waals surface area (Å²) in [5.74, 6) is -0.614. The molecule has 1 aromatic heterocycles. The molecule has 3 rings (SSSR count). The summed E-state index contributed by atoms with van der Waals surface area (Å²) in [7, 11) is 0. The Morgan fingerprint density at radius 1 is 1.20 bits per heavy atom. The van der Waals surface area contributed by atoms with Crippen molar-refractivity contribution in [3.05, 3.63) is 35.9 Å². The summed E-state index contributed by atoms with van der Waals surface area (Å²) in [5.41, 5.74) is 0.783. The minimum atomic E-state index is -0.442. The van der Waals surface area contributed by atoms with Crippen molar-refractivity contribution in [2.75, 3.05) is 13.1 Å². The second kappa shape index (κ2) is 5.36. The van der Waals surface area contributed by atoms with Gasteiger partial charge in [0.25, 0.3) is 5.91 Å². The summed E-state index contributed by atoms with van der Waals surface area (Å²) in [6.07, 6.45) is 4.50. The van der Waals surface area contributed by atoms with Gasteiger partial charge in [-0.15, -0.1) is 5.10 Å². The third-order valence-electron chi connectivity index (χ3n) is 3.43. The number of aromatic nitrogens is 4. The van der Waals surface area contributed by atoms with Gasteiger partial charge >= 0.3 is 0 Å². The van der Waals surface area contributed by atoms with Crippen LogP contribution in [-0.2, 0) is 0 Å². The van der Waals surface area contributed by atoms with Gasteiger partial charge in [-0.2, -0.15) is 4.68 Å². The van der Waals surface area contributed by atoms with Crippen molar-refractivity contribution in [3.8, 4) is 5.69 Å². The summed E-state index contributed by atoms with van der Waals surface area (Å²) in [4.78, 5) is 14.3. The van der Waals surface area contributed by atoms with Crippen molar-refractivity contribution in [1.82, 2.24) is 25.1 Å². The number of hydrogen-bond donors (Lipinski definition) is 0. The maximum absolute atomic E-state index is 13.5. The van der Waals surface area contributed by atoms with Crippen molar-refractivity contribution in [3.63, 3.8) is 0 Å². The van der Waals surface area contributed by atoms with E-state index in [0.717, 1.165) is 19.3 Å². The Bertz CT molecular complexity index is 607. The van der Waals surface area contributed by atoms with Crippen LogP contribution in [0, 0.1) is 5.82 Å². The number of nitrogens with zero attached hydrogens (tertiary/aromatic N) is 5. The molecular formula is C13H14FN5O. The van der Waals surface area contributed by atoms with E-state index in [9.17, 15) is 9.18 Å². The average Bonchev–Trinajstić information content (AvgIpc) is 3.01.